The van der Waals surface area contributed by atoms with Gasteiger partial charge in [-0.05, 0) is 19.8 Å². The molecule has 1 aliphatic heterocycles. The topological polar surface area (TPSA) is 54.5 Å². The van der Waals surface area contributed by atoms with Crippen LogP contribution < -0.4 is 5.32 Å². The maximum absolute atomic E-state index is 12.2. The molecule has 5 nitrogen and oxygen atoms in total. The Hall–Kier alpha value is -1.14. The van der Waals surface area contributed by atoms with Gasteiger partial charge < -0.3 is 15.0 Å². The van der Waals surface area contributed by atoms with Crippen molar-refractivity contribution in [2.45, 2.75) is 58.5 Å². The first-order valence-electron chi connectivity index (χ1n) is 8.49. The smallest absolute Gasteiger partial charge is 0.317 e. The lowest BCUT2D eigenvalue weighted by atomic mass is 9.93. The summed E-state index contributed by atoms with van der Waals surface area (Å²) in [5.74, 6) is 0. The van der Waals surface area contributed by atoms with E-state index in [9.17, 15) is 4.79 Å². The lowest BCUT2D eigenvalue weighted by Gasteiger charge is -2.32. The highest BCUT2D eigenvalue weighted by molar-refractivity contribution is 7.09. The second-order valence-corrected chi connectivity index (χ2v) is 7.97. The Morgan fingerprint density at radius 2 is 2.30 bits per heavy atom. The van der Waals surface area contributed by atoms with Gasteiger partial charge in [0.2, 0.25) is 0 Å². The molecule has 1 aromatic rings. The number of urea groups is 1. The summed E-state index contributed by atoms with van der Waals surface area (Å²) >= 11 is 1.67. The Balaban J connectivity index is 1.75. The van der Waals surface area contributed by atoms with Gasteiger partial charge in [0.25, 0.3) is 0 Å². The molecule has 1 aliphatic rings. The second kappa shape index (κ2) is 8.11. The third kappa shape index (κ3) is 5.46. The molecule has 0 spiro atoms. The van der Waals surface area contributed by atoms with Crippen molar-refractivity contribution in [1.82, 2.24) is 15.2 Å². The average molecular weight is 340 g/mol. The number of hydrogen-bond donors (Lipinski definition) is 1. The molecule has 0 bridgehead atoms. The second-order valence-electron chi connectivity index (χ2n) is 7.02. The van der Waals surface area contributed by atoms with Gasteiger partial charge >= 0.3 is 6.03 Å². The van der Waals surface area contributed by atoms with Gasteiger partial charge in [-0.15, -0.1) is 11.3 Å². The van der Waals surface area contributed by atoms with Crippen molar-refractivity contribution in [3.05, 3.63) is 16.1 Å². The molecule has 1 N–H and O–H groups in total. The molecule has 1 aromatic heterocycles. The minimum absolute atomic E-state index is 0.0157. The SMILES string of the molecule is CCOC1CCCN(C(=O)NCCc2nc(C(C)(C)C)cs2)C1. The summed E-state index contributed by atoms with van der Waals surface area (Å²) in [6.45, 7) is 11.4. The summed E-state index contributed by atoms with van der Waals surface area (Å²) in [7, 11) is 0. The van der Waals surface area contributed by atoms with E-state index < -0.39 is 0 Å². The van der Waals surface area contributed by atoms with E-state index in [2.05, 4.69) is 36.5 Å². The zero-order valence-electron chi connectivity index (χ0n) is 14.7. The number of piperidine rings is 1. The van der Waals surface area contributed by atoms with Crippen molar-refractivity contribution in [2.75, 3.05) is 26.2 Å². The fourth-order valence-electron chi connectivity index (χ4n) is 2.65. The monoisotopic (exact) mass is 339 g/mol. The van der Waals surface area contributed by atoms with Crippen LogP contribution in [0.25, 0.3) is 0 Å². The molecule has 2 amide bonds. The minimum Gasteiger partial charge on any atom is -0.377 e. The first-order chi connectivity index (χ1) is 10.9. The number of thiazole rings is 1. The molecular formula is C17H29N3O2S. The molecule has 2 heterocycles. The van der Waals surface area contributed by atoms with E-state index in [0.717, 1.165) is 36.5 Å². The number of carbonyl (C=O) groups is 1. The van der Waals surface area contributed by atoms with Gasteiger partial charge in [0.15, 0.2) is 0 Å². The molecule has 0 radical (unpaired) electrons. The van der Waals surface area contributed by atoms with Gasteiger partial charge in [0.05, 0.1) is 16.8 Å². The van der Waals surface area contributed by atoms with E-state index in [-0.39, 0.29) is 17.6 Å². The highest BCUT2D eigenvalue weighted by Crippen LogP contribution is 2.23. The lowest BCUT2D eigenvalue weighted by molar-refractivity contribution is 0.0165. The molecule has 130 valence electrons. The highest BCUT2D eigenvalue weighted by atomic mass is 32.1. The molecule has 23 heavy (non-hydrogen) atoms. The number of amides is 2. The standard InChI is InChI=1S/C17H29N3O2S/c1-5-22-13-7-6-10-20(11-13)16(21)18-9-8-15-19-14(12-23-15)17(2,3)4/h12-13H,5-11H2,1-4H3,(H,18,21). The average Bonchev–Trinajstić information content (AvgIpc) is 2.97. The molecule has 1 fully saturated rings. The molecule has 1 unspecified atom stereocenters. The number of nitrogens with zero attached hydrogens (tertiary/aromatic N) is 2. The quantitative estimate of drug-likeness (QED) is 0.896. The van der Waals surface area contributed by atoms with Crippen LogP contribution in [-0.4, -0.2) is 48.3 Å². The van der Waals surface area contributed by atoms with Gasteiger partial charge in [0, 0.05) is 43.5 Å². The summed E-state index contributed by atoms with van der Waals surface area (Å²) in [4.78, 5) is 18.8. The molecule has 1 saturated heterocycles. The predicted octanol–water partition coefficient (Wildman–Crippen LogP) is 3.19. The summed E-state index contributed by atoms with van der Waals surface area (Å²) < 4.78 is 5.64. The van der Waals surface area contributed by atoms with E-state index in [1.165, 1.54) is 0 Å². The van der Waals surface area contributed by atoms with Crippen molar-refractivity contribution in [1.29, 1.82) is 0 Å². The number of rotatable bonds is 5. The van der Waals surface area contributed by atoms with E-state index in [1.54, 1.807) is 11.3 Å². The third-order valence-corrected chi connectivity index (χ3v) is 4.91. The van der Waals surface area contributed by atoms with Crippen LogP contribution in [0.1, 0.15) is 51.2 Å². The molecule has 0 saturated carbocycles. The van der Waals surface area contributed by atoms with E-state index in [0.29, 0.717) is 19.7 Å². The maximum atomic E-state index is 12.2. The van der Waals surface area contributed by atoms with Crippen molar-refractivity contribution in [3.63, 3.8) is 0 Å². The number of hydrogen-bond acceptors (Lipinski definition) is 4. The number of carbonyl (C=O) groups excluding carboxylic acids is 1. The summed E-state index contributed by atoms with van der Waals surface area (Å²) in [6.07, 6.45) is 3.04. The Labute approximate surface area is 143 Å². The number of nitrogens with one attached hydrogen (secondary N) is 1. The largest absolute Gasteiger partial charge is 0.377 e. The number of likely N-dealkylation sites (tertiary alicyclic amines) is 1. The van der Waals surface area contributed by atoms with E-state index in [4.69, 9.17) is 4.74 Å². The summed E-state index contributed by atoms with van der Waals surface area (Å²) in [5, 5.41) is 6.21. The van der Waals surface area contributed by atoms with Crippen LogP contribution in [0.5, 0.6) is 0 Å². The van der Waals surface area contributed by atoms with Gasteiger partial charge in [-0.25, -0.2) is 9.78 Å². The van der Waals surface area contributed by atoms with Crippen LogP contribution in [0, 0.1) is 0 Å². The Morgan fingerprint density at radius 3 is 2.96 bits per heavy atom. The fourth-order valence-corrected chi connectivity index (χ4v) is 3.68. The van der Waals surface area contributed by atoms with Gasteiger partial charge in [-0.3, -0.25) is 0 Å². The zero-order chi connectivity index (χ0) is 16.9. The van der Waals surface area contributed by atoms with Gasteiger partial charge in [-0.2, -0.15) is 0 Å². The van der Waals surface area contributed by atoms with Crippen LogP contribution in [0.3, 0.4) is 0 Å². The number of ether oxygens (including phenoxy) is 1. The molecule has 0 aliphatic carbocycles. The fraction of sp³-hybridized carbons (Fsp3) is 0.765. The van der Waals surface area contributed by atoms with Crippen molar-refractivity contribution in [3.8, 4) is 0 Å². The minimum atomic E-state index is 0.0157. The molecule has 1 atom stereocenters. The first kappa shape index (κ1) is 18.2. The van der Waals surface area contributed by atoms with Gasteiger partial charge in [0.1, 0.15) is 0 Å². The highest BCUT2D eigenvalue weighted by Gasteiger charge is 2.23. The van der Waals surface area contributed by atoms with Gasteiger partial charge in [-0.1, -0.05) is 20.8 Å². The zero-order valence-corrected chi connectivity index (χ0v) is 15.5. The Bertz CT molecular complexity index is 508. The van der Waals surface area contributed by atoms with E-state index in [1.807, 2.05) is 11.8 Å². The molecule has 2 rings (SSSR count). The van der Waals surface area contributed by atoms with Crippen molar-refractivity contribution in [2.24, 2.45) is 0 Å². The normalized spacial score (nSPS) is 19.0. The van der Waals surface area contributed by atoms with Crippen molar-refractivity contribution < 1.29 is 9.53 Å². The van der Waals surface area contributed by atoms with Crippen LogP contribution in [0.4, 0.5) is 4.79 Å². The van der Waals surface area contributed by atoms with Crippen LogP contribution in [-0.2, 0) is 16.6 Å². The summed E-state index contributed by atoms with van der Waals surface area (Å²) in [6, 6.07) is 0.0157. The summed E-state index contributed by atoms with van der Waals surface area (Å²) in [5.41, 5.74) is 1.21. The maximum Gasteiger partial charge on any atom is 0.317 e. The number of aromatic nitrogens is 1. The third-order valence-electron chi connectivity index (χ3n) is 4.00. The molecule has 6 heteroatoms. The Kier molecular flexibility index (Phi) is 6.41. The predicted molar refractivity (Wildman–Crippen MR) is 94.1 cm³/mol. The van der Waals surface area contributed by atoms with Crippen LogP contribution in [0.2, 0.25) is 0 Å². The first-order valence-corrected chi connectivity index (χ1v) is 9.37. The Morgan fingerprint density at radius 1 is 1.52 bits per heavy atom. The molecular weight excluding hydrogens is 310 g/mol. The molecule has 0 aromatic carbocycles. The van der Waals surface area contributed by atoms with Crippen LogP contribution >= 0.6 is 11.3 Å². The van der Waals surface area contributed by atoms with Crippen LogP contribution in [0.15, 0.2) is 5.38 Å². The van der Waals surface area contributed by atoms with E-state index >= 15 is 0 Å². The van der Waals surface area contributed by atoms with Crippen molar-refractivity contribution >= 4 is 17.4 Å². The lowest BCUT2D eigenvalue weighted by Crippen LogP contribution is -2.48.